The van der Waals surface area contributed by atoms with Gasteiger partial charge in [-0.1, -0.05) is 74.5 Å². The van der Waals surface area contributed by atoms with Gasteiger partial charge in [0.15, 0.2) is 0 Å². The van der Waals surface area contributed by atoms with E-state index in [1.54, 1.807) is 60.7 Å². The Kier molecular flexibility index (Phi) is 13.9. The average Bonchev–Trinajstić information content (AvgIpc) is 3.52. The van der Waals surface area contributed by atoms with Gasteiger partial charge in [-0.25, -0.2) is 4.79 Å². The Morgan fingerprint density at radius 3 is 1.87 bits per heavy atom. The van der Waals surface area contributed by atoms with Gasteiger partial charge in [0.25, 0.3) is 0 Å². The number of nitrogens with zero attached hydrogens (tertiary/aromatic N) is 1. The molecule has 2 aromatic carbocycles. The van der Waals surface area contributed by atoms with Crippen LogP contribution in [0, 0.1) is 5.92 Å². The first kappa shape index (κ1) is 36.7. The van der Waals surface area contributed by atoms with Crippen molar-refractivity contribution in [1.29, 1.82) is 0 Å². The SMILES string of the molecule is CC(C)C[C@H](N)C(=O)N1CCC[C@H]1C(=O)N[C@@H](Cc1ccccc1)C(=O)N[C@@H](CCC(=O)O)C(=O)N[C@@H](Cc1ccccc1)C(=O)O. The van der Waals surface area contributed by atoms with Gasteiger partial charge in [0.2, 0.25) is 23.6 Å². The molecule has 0 saturated carbocycles. The zero-order valence-corrected chi connectivity index (χ0v) is 26.8. The molecule has 1 saturated heterocycles. The van der Waals surface area contributed by atoms with Crippen molar-refractivity contribution >= 4 is 35.6 Å². The minimum atomic E-state index is -1.41. The van der Waals surface area contributed by atoms with Crippen LogP contribution in [0.15, 0.2) is 60.7 Å². The van der Waals surface area contributed by atoms with Crippen LogP contribution in [0.25, 0.3) is 0 Å². The fourth-order valence-corrected chi connectivity index (χ4v) is 5.58. The fourth-order valence-electron chi connectivity index (χ4n) is 5.58. The fraction of sp³-hybridized carbons (Fsp3) is 0.471. The van der Waals surface area contributed by atoms with Gasteiger partial charge in [-0.05, 0) is 42.7 Å². The summed E-state index contributed by atoms with van der Waals surface area (Å²) in [6, 6.07) is 11.9. The van der Waals surface area contributed by atoms with Crippen molar-refractivity contribution in [1.82, 2.24) is 20.9 Å². The number of likely N-dealkylation sites (tertiary alicyclic amines) is 1. The maximum absolute atomic E-state index is 13.7. The van der Waals surface area contributed by atoms with E-state index in [2.05, 4.69) is 16.0 Å². The molecule has 47 heavy (non-hydrogen) atoms. The zero-order valence-electron chi connectivity index (χ0n) is 26.8. The molecule has 0 unspecified atom stereocenters. The average molecular weight is 652 g/mol. The first-order chi connectivity index (χ1) is 22.3. The third-order valence-electron chi connectivity index (χ3n) is 7.97. The Labute approximate surface area is 274 Å². The molecule has 4 amide bonds. The van der Waals surface area contributed by atoms with Gasteiger partial charge >= 0.3 is 11.9 Å². The van der Waals surface area contributed by atoms with Crippen molar-refractivity contribution in [2.75, 3.05) is 6.54 Å². The van der Waals surface area contributed by atoms with Crippen molar-refractivity contribution in [2.24, 2.45) is 11.7 Å². The van der Waals surface area contributed by atoms with E-state index in [4.69, 9.17) is 5.73 Å². The summed E-state index contributed by atoms with van der Waals surface area (Å²) in [5.74, 6) is -4.87. The van der Waals surface area contributed by atoms with Crippen LogP contribution in [-0.4, -0.2) is 87.4 Å². The quantitative estimate of drug-likeness (QED) is 0.145. The van der Waals surface area contributed by atoms with Gasteiger partial charge in [0.1, 0.15) is 24.2 Å². The second-order valence-electron chi connectivity index (χ2n) is 12.3. The highest BCUT2D eigenvalue weighted by atomic mass is 16.4. The summed E-state index contributed by atoms with van der Waals surface area (Å²) in [5, 5.41) is 26.8. The summed E-state index contributed by atoms with van der Waals surface area (Å²) < 4.78 is 0. The van der Waals surface area contributed by atoms with Crippen molar-refractivity contribution in [3.63, 3.8) is 0 Å². The lowest BCUT2D eigenvalue weighted by Crippen LogP contribution is -2.58. The van der Waals surface area contributed by atoms with E-state index < -0.39 is 66.3 Å². The first-order valence-electron chi connectivity index (χ1n) is 15.8. The number of amides is 4. The Morgan fingerprint density at radius 1 is 0.809 bits per heavy atom. The molecule has 1 aliphatic rings. The minimum absolute atomic E-state index is 0.0327. The molecule has 2 aromatic rings. The second kappa shape index (κ2) is 17.8. The van der Waals surface area contributed by atoms with Crippen LogP contribution in [0.1, 0.15) is 57.1 Å². The standard InChI is InChI=1S/C34H45N5O8/c1-21(2)18-24(35)33(45)39-17-9-14-28(39)32(44)37-26(19-22-10-5-3-6-11-22)31(43)36-25(15-16-29(40)41)30(42)38-27(34(46)47)20-23-12-7-4-8-13-23/h3-8,10-13,21,24-28H,9,14-20,35H2,1-2H3,(H,36,43)(H,37,44)(H,38,42)(H,40,41)(H,46,47)/t24-,25-,26-,27-,28-/m0/s1. The van der Waals surface area contributed by atoms with E-state index >= 15 is 0 Å². The molecule has 0 aliphatic carbocycles. The molecule has 0 aromatic heterocycles. The van der Waals surface area contributed by atoms with Gasteiger partial charge in [-0.2, -0.15) is 0 Å². The maximum atomic E-state index is 13.7. The number of benzene rings is 2. The number of aliphatic carboxylic acids is 2. The molecule has 5 atom stereocenters. The zero-order chi connectivity index (χ0) is 34.5. The number of carbonyl (C=O) groups excluding carboxylic acids is 4. The topological polar surface area (TPSA) is 208 Å². The summed E-state index contributed by atoms with van der Waals surface area (Å²) >= 11 is 0. The first-order valence-corrected chi connectivity index (χ1v) is 15.8. The molecule has 13 nitrogen and oxygen atoms in total. The molecular formula is C34H45N5O8. The molecule has 254 valence electrons. The lowest BCUT2D eigenvalue weighted by atomic mass is 10.0. The largest absolute Gasteiger partial charge is 0.481 e. The Bertz CT molecular complexity index is 1390. The lowest BCUT2D eigenvalue weighted by Gasteiger charge is -2.29. The number of hydrogen-bond acceptors (Lipinski definition) is 7. The molecule has 7 N–H and O–H groups in total. The van der Waals surface area contributed by atoms with Crippen molar-refractivity contribution in [3.8, 4) is 0 Å². The van der Waals surface area contributed by atoms with Crippen LogP contribution in [-0.2, 0) is 41.6 Å². The lowest BCUT2D eigenvalue weighted by molar-refractivity contribution is -0.143. The summed E-state index contributed by atoms with van der Waals surface area (Å²) in [5.41, 5.74) is 7.49. The molecule has 1 aliphatic heterocycles. The van der Waals surface area contributed by atoms with Crippen molar-refractivity contribution in [2.45, 2.75) is 89.0 Å². The monoisotopic (exact) mass is 651 g/mol. The van der Waals surface area contributed by atoms with Gasteiger partial charge in [0.05, 0.1) is 6.04 Å². The maximum Gasteiger partial charge on any atom is 0.326 e. The summed E-state index contributed by atoms with van der Waals surface area (Å²) in [6.07, 6.45) is 0.606. The summed E-state index contributed by atoms with van der Waals surface area (Å²) in [7, 11) is 0. The highest BCUT2D eigenvalue weighted by Gasteiger charge is 2.38. The predicted molar refractivity (Wildman–Crippen MR) is 173 cm³/mol. The van der Waals surface area contributed by atoms with E-state index in [0.717, 1.165) is 0 Å². The number of carboxylic acids is 2. The number of rotatable bonds is 17. The van der Waals surface area contributed by atoms with E-state index in [0.29, 0.717) is 36.9 Å². The van der Waals surface area contributed by atoms with Crippen LogP contribution in [0.2, 0.25) is 0 Å². The molecular weight excluding hydrogens is 606 g/mol. The number of nitrogens with two attached hydrogens (primary N) is 1. The highest BCUT2D eigenvalue weighted by Crippen LogP contribution is 2.20. The van der Waals surface area contributed by atoms with Crippen molar-refractivity contribution in [3.05, 3.63) is 71.8 Å². The number of hydrogen-bond donors (Lipinski definition) is 6. The van der Waals surface area contributed by atoms with Crippen LogP contribution >= 0.6 is 0 Å². The number of nitrogens with one attached hydrogen (secondary N) is 3. The molecule has 3 rings (SSSR count). The molecule has 1 heterocycles. The number of carboxylic acid groups (broad SMARTS) is 2. The van der Waals surface area contributed by atoms with Crippen LogP contribution in [0.3, 0.4) is 0 Å². The molecule has 0 radical (unpaired) electrons. The number of carbonyl (C=O) groups is 6. The normalized spacial score (nSPS) is 16.9. The van der Waals surface area contributed by atoms with Crippen LogP contribution in [0.4, 0.5) is 0 Å². The van der Waals surface area contributed by atoms with Gasteiger partial charge in [0, 0.05) is 25.8 Å². The van der Waals surface area contributed by atoms with E-state index in [-0.39, 0.29) is 31.1 Å². The minimum Gasteiger partial charge on any atom is -0.481 e. The predicted octanol–water partition coefficient (Wildman–Crippen LogP) is 1.24. The van der Waals surface area contributed by atoms with E-state index in [1.165, 1.54) is 4.90 Å². The second-order valence-corrected chi connectivity index (χ2v) is 12.3. The van der Waals surface area contributed by atoms with Gasteiger partial charge in [-0.15, -0.1) is 0 Å². The molecule has 13 heteroatoms. The highest BCUT2D eigenvalue weighted by molar-refractivity contribution is 5.96. The Balaban J connectivity index is 1.80. The molecule has 0 spiro atoms. The third kappa shape index (κ3) is 11.5. The van der Waals surface area contributed by atoms with Crippen molar-refractivity contribution < 1.29 is 39.0 Å². The Morgan fingerprint density at radius 2 is 1.34 bits per heavy atom. The van der Waals surface area contributed by atoms with Crippen LogP contribution in [0.5, 0.6) is 0 Å². The smallest absolute Gasteiger partial charge is 0.326 e. The molecule has 0 bridgehead atoms. The van der Waals surface area contributed by atoms with Crippen LogP contribution < -0.4 is 21.7 Å². The molecule has 1 fully saturated rings. The van der Waals surface area contributed by atoms with E-state index in [9.17, 15) is 39.0 Å². The van der Waals surface area contributed by atoms with Gasteiger partial charge in [-0.3, -0.25) is 24.0 Å². The third-order valence-corrected chi connectivity index (χ3v) is 7.97. The van der Waals surface area contributed by atoms with E-state index in [1.807, 2.05) is 13.8 Å². The Hall–Kier alpha value is -4.78. The summed E-state index contributed by atoms with van der Waals surface area (Å²) in [6.45, 7) is 4.25. The van der Waals surface area contributed by atoms with Gasteiger partial charge < -0.3 is 36.8 Å². The summed E-state index contributed by atoms with van der Waals surface area (Å²) in [4.78, 5) is 78.6.